The standard InChI is InChI=1S/C14H9N2OP/c15-9-11-1-5-13(6-2-11)18(17)14-7-3-12(10-16)4-8-14/h1-8,17H. The maximum atomic E-state index is 10.2. The zero-order valence-electron chi connectivity index (χ0n) is 9.41. The van der Waals surface area contributed by atoms with E-state index >= 15 is 0 Å². The van der Waals surface area contributed by atoms with Crippen molar-refractivity contribution in [3.05, 3.63) is 59.7 Å². The second-order valence-electron chi connectivity index (χ2n) is 3.63. The summed E-state index contributed by atoms with van der Waals surface area (Å²) in [5, 5.41) is 19.0. The van der Waals surface area contributed by atoms with Crippen LogP contribution in [0.25, 0.3) is 0 Å². The summed E-state index contributed by atoms with van der Waals surface area (Å²) < 4.78 is 0. The van der Waals surface area contributed by atoms with Crippen LogP contribution in [0.3, 0.4) is 0 Å². The van der Waals surface area contributed by atoms with Gasteiger partial charge in [0.2, 0.25) is 0 Å². The molecule has 0 bridgehead atoms. The first-order valence-corrected chi connectivity index (χ1v) is 6.53. The van der Waals surface area contributed by atoms with Gasteiger partial charge in [-0.3, -0.25) is 0 Å². The molecule has 2 rings (SSSR count). The molecule has 0 spiro atoms. The molecule has 0 aliphatic carbocycles. The summed E-state index contributed by atoms with van der Waals surface area (Å²) in [5.74, 6) is 0. The van der Waals surface area contributed by atoms with Crippen molar-refractivity contribution in [3.63, 3.8) is 0 Å². The SMILES string of the molecule is N#Cc1ccc(P(O)c2ccc(C#N)cc2)cc1. The van der Waals surface area contributed by atoms with Crippen LogP contribution in [0.4, 0.5) is 0 Å². The van der Waals surface area contributed by atoms with Crippen molar-refractivity contribution in [3.8, 4) is 12.1 Å². The molecule has 2 aromatic carbocycles. The lowest BCUT2D eigenvalue weighted by atomic mass is 10.2. The van der Waals surface area contributed by atoms with Gasteiger partial charge in [0, 0.05) is 10.6 Å². The number of nitriles is 2. The average Bonchev–Trinajstić information content (AvgIpc) is 2.47. The molecule has 0 fully saturated rings. The zero-order chi connectivity index (χ0) is 13.0. The van der Waals surface area contributed by atoms with E-state index in [1.165, 1.54) is 0 Å². The molecule has 1 N–H and O–H groups in total. The molecular weight excluding hydrogens is 243 g/mol. The average molecular weight is 252 g/mol. The van der Waals surface area contributed by atoms with Crippen LogP contribution in [0.1, 0.15) is 11.1 Å². The van der Waals surface area contributed by atoms with Crippen molar-refractivity contribution in [1.82, 2.24) is 0 Å². The minimum absolute atomic E-state index is 0.571. The minimum Gasteiger partial charge on any atom is -0.364 e. The number of hydrogen-bond donors (Lipinski definition) is 1. The molecule has 0 aromatic heterocycles. The van der Waals surface area contributed by atoms with Crippen LogP contribution in [-0.2, 0) is 0 Å². The molecule has 0 saturated carbocycles. The van der Waals surface area contributed by atoms with E-state index in [0.29, 0.717) is 11.1 Å². The monoisotopic (exact) mass is 252 g/mol. The minimum atomic E-state index is -1.42. The molecule has 0 radical (unpaired) electrons. The molecular formula is C14H9N2OP. The van der Waals surface area contributed by atoms with E-state index in [1.54, 1.807) is 48.5 Å². The van der Waals surface area contributed by atoms with E-state index in [9.17, 15) is 4.89 Å². The number of benzene rings is 2. The Balaban J connectivity index is 2.27. The summed E-state index contributed by atoms with van der Waals surface area (Å²) in [7, 11) is -1.42. The van der Waals surface area contributed by atoms with Crippen LogP contribution in [0.5, 0.6) is 0 Å². The van der Waals surface area contributed by atoms with E-state index in [4.69, 9.17) is 10.5 Å². The maximum Gasteiger partial charge on any atom is 0.0991 e. The Labute approximate surface area is 106 Å². The van der Waals surface area contributed by atoms with Gasteiger partial charge in [-0.25, -0.2) is 0 Å². The van der Waals surface area contributed by atoms with Crippen molar-refractivity contribution < 1.29 is 4.89 Å². The van der Waals surface area contributed by atoms with Crippen molar-refractivity contribution in [2.24, 2.45) is 0 Å². The number of rotatable bonds is 2. The third-order valence-corrected chi connectivity index (χ3v) is 4.06. The largest absolute Gasteiger partial charge is 0.364 e. The fourth-order valence-corrected chi connectivity index (χ4v) is 2.66. The Morgan fingerprint density at radius 2 is 1.06 bits per heavy atom. The summed E-state index contributed by atoms with van der Waals surface area (Å²) in [6.07, 6.45) is 0. The highest BCUT2D eigenvalue weighted by atomic mass is 31.1. The summed E-state index contributed by atoms with van der Waals surface area (Å²) >= 11 is 0. The van der Waals surface area contributed by atoms with Crippen molar-refractivity contribution in [1.29, 1.82) is 10.5 Å². The second kappa shape index (κ2) is 5.43. The van der Waals surface area contributed by atoms with Crippen LogP contribution in [0, 0.1) is 22.7 Å². The summed E-state index contributed by atoms with van der Waals surface area (Å²) in [4.78, 5) is 10.2. The number of hydrogen-bond acceptors (Lipinski definition) is 3. The third-order valence-electron chi connectivity index (χ3n) is 2.48. The van der Waals surface area contributed by atoms with Gasteiger partial charge < -0.3 is 4.89 Å². The Hall–Kier alpha value is -2.19. The first-order chi connectivity index (χ1) is 8.74. The van der Waals surface area contributed by atoms with E-state index in [1.807, 2.05) is 12.1 Å². The van der Waals surface area contributed by atoms with Gasteiger partial charge in [-0.1, -0.05) is 24.3 Å². The van der Waals surface area contributed by atoms with Gasteiger partial charge in [0.1, 0.15) is 0 Å². The first-order valence-electron chi connectivity index (χ1n) is 5.24. The molecule has 0 unspecified atom stereocenters. The van der Waals surface area contributed by atoms with Crippen LogP contribution in [0.2, 0.25) is 0 Å². The van der Waals surface area contributed by atoms with Gasteiger partial charge in [-0.15, -0.1) is 0 Å². The van der Waals surface area contributed by atoms with E-state index in [2.05, 4.69) is 0 Å². The highest BCUT2D eigenvalue weighted by Crippen LogP contribution is 2.27. The fraction of sp³-hybridized carbons (Fsp3) is 0. The third kappa shape index (κ3) is 2.55. The zero-order valence-corrected chi connectivity index (χ0v) is 10.3. The maximum absolute atomic E-state index is 10.2. The quantitative estimate of drug-likeness (QED) is 0.828. The van der Waals surface area contributed by atoms with Crippen molar-refractivity contribution >= 4 is 18.8 Å². The molecule has 0 aliphatic heterocycles. The Morgan fingerprint density at radius 1 is 0.722 bits per heavy atom. The highest BCUT2D eigenvalue weighted by Gasteiger charge is 2.10. The molecule has 2 aromatic rings. The summed E-state index contributed by atoms with van der Waals surface area (Å²) in [6, 6.07) is 17.8. The molecule has 0 atom stereocenters. The molecule has 18 heavy (non-hydrogen) atoms. The molecule has 0 heterocycles. The molecule has 3 nitrogen and oxygen atoms in total. The van der Waals surface area contributed by atoms with Crippen LogP contribution < -0.4 is 10.6 Å². The van der Waals surface area contributed by atoms with Crippen molar-refractivity contribution in [2.75, 3.05) is 0 Å². The summed E-state index contributed by atoms with van der Waals surface area (Å²) in [6.45, 7) is 0. The van der Waals surface area contributed by atoms with Gasteiger partial charge >= 0.3 is 0 Å². The van der Waals surface area contributed by atoms with Gasteiger partial charge in [0.05, 0.1) is 31.4 Å². The smallest absolute Gasteiger partial charge is 0.0991 e. The molecule has 0 aliphatic rings. The Bertz CT molecular complexity index is 563. The second-order valence-corrected chi connectivity index (χ2v) is 5.29. The molecule has 0 saturated heterocycles. The fourth-order valence-electron chi connectivity index (χ4n) is 1.50. The Kier molecular flexibility index (Phi) is 3.70. The van der Waals surface area contributed by atoms with E-state index < -0.39 is 8.15 Å². The lowest BCUT2D eigenvalue weighted by Crippen LogP contribution is -2.10. The molecule has 86 valence electrons. The van der Waals surface area contributed by atoms with Crippen LogP contribution >= 0.6 is 8.15 Å². The van der Waals surface area contributed by atoms with Crippen LogP contribution in [-0.4, -0.2) is 4.89 Å². The predicted octanol–water partition coefficient (Wildman–Crippen LogP) is 1.77. The predicted molar refractivity (Wildman–Crippen MR) is 70.7 cm³/mol. The highest BCUT2D eigenvalue weighted by molar-refractivity contribution is 7.67. The van der Waals surface area contributed by atoms with Gasteiger partial charge in [-0.05, 0) is 24.3 Å². The molecule has 0 amide bonds. The van der Waals surface area contributed by atoms with Gasteiger partial charge in [0.25, 0.3) is 0 Å². The van der Waals surface area contributed by atoms with E-state index in [-0.39, 0.29) is 0 Å². The lowest BCUT2D eigenvalue weighted by molar-refractivity contribution is 0.644. The topological polar surface area (TPSA) is 67.8 Å². The summed E-state index contributed by atoms with van der Waals surface area (Å²) in [5.41, 5.74) is 1.14. The lowest BCUT2D eigenvalue weighted by Gasteiger charge is -2.10. The number of nitrogens with zero attached hydrogens (tertiary/aromatic N) is 2. The first kappa shape index (κ1) is 12.3. The van der Waals surface area contributed by atoms with Crippen molar-refractivity contribution in [2.45, 2.75) is 0 Å². The van der Waals surface area contributed by atoms with Crippen LogP contribution in [0.15, 0.2) is 48.5 Å². The normalized spacial score (nSPS) is 9.78. The molecule has 4 heteroatoms. The van der Waals surface area contributed by atoms with Gasteiger partial charge in [0.15, 0.2) is 0 Å². The Morgan fingerprint density at radius 3 is 1.33 bits per heavy atom. The van der Waals surface area contributed by atoms with E-state index in [0.717, 1.165) is 10.6 Å². The van der Waals surface area contributed by atoms with Gasteiger partial charge in [-0.2, -0.15) is 10.5 Å².